The van der Waals surface area contributed by atoms with Crippen molar-refractivity contribution in [3.05, 3.63) is 0 Å². The Kier molecular flexibility index (Phi) is 11.8. The van der Waals surface area contributed by atoms with Crippen LogP contribution in [0.25, 0.3) is 0 Å². The third-order valence-corrected chi connectivity index (χ3v) is 5.70. The fraction of sp³-hybridized carbons (Fsp3) is 1.00. The summed E-state index contributed by atoms with van der Waals surface area (Å²) in [5.74, 6) is 0. The van der Waals surface area contributed by atoms with Crippen molar-refractivity contribution in [3.63, 3.8) is 0 Å². The lowest BCUT2D eigenvalue weighted by Gasteiger charge is -2.28. The standard InChI is InChI=1S/C13H31NO4Si/c1-6-16-19(17-7-2,18-8-3)13-9-11-15-12-10-14(4)5/h6-13H2,1-5H3. The van der Waals surface area contributed by atoms with Crippen LogP contribution in [0.15, 0.2) is 0 Å². The second-order valence-electron chi connectivity index (χ2n) is 4.50. The summed E-state index contributed by atoms with van der Waals surface area (Å²) >= 11 is 0. The molecule has 0 saturated heterocycles. The van der Waals surface area contributed by atoms with E-state index in [1.54, 1.807) is 0 Å². The smallest absolute Gasteiger partial charge is 0.380 e. The summed E-state index contributed by atoms with van der Waals surface area (Å²) in [4.78, 5) is 2.11. The van der Waals surface area contributed by atoms with Crippen LogP contribution in [0.2, 0.25) is 6.04 Å². The van der Waals surface area contributed by atoms with Crippen LogP contribution < -0.4 is 0 Å². The highest BCUT2D eigenvalue weighted by atomic mass is 28.4. The lowest BCUT2D eigenvalue weighted by molar-refractivity contribution is 0.0649. The average Bonchev–Trinajstić information content (AvgIpc) is 2.34. The van der Waals surface area contributed by atoms with Gasteiger partial charge in [0, 0.05) is 39.0 Å². The van der Waals surface area contributed by atoms with E-state index < -0.39 is 8.80 Å². The second kappa shape index (κ2) is 11.8. The summed E-state index contributed by atoms with van der Waals surface area (Å²) in [5.41, 5.74) is 0. The van der Waals surface area contributed by atoms with Gasteiger partial charge in [0.2, 0.25) is 0 Å². The number of ether oxygens (including phenoxy) is 1. The van der Waals surface area contributed by atoms with E-state index in [1.165, 1.54) is 0 Å². The number of rotatable bonds is 13. The molecule has 5 nitrogen and oxygen atoms in total. The van der Waals surface area contributed by atoms with Crippen LogP contribution in [0.3, 0.4) is 0 Å². The van der Waals surface area contributed by atoms with E-state index in [4.69, 9.17) is 18.0 Å². The van der Waals surface area contributed by atoms with Gasteiger partial charge in [-0.2, -0.15) is 0 Å². The van der Waals surface area contributed by atoms with Crippen LogP contribution in [-0.2, 0) is 18.0 Å². The topological polar surface area (TPSA) is 40.2 Å². The summed E-state index contributed by atoms with van der Waals surface area (Å²) in [6.07, 6.45) is 0.916. The van der Waals surface area contributed by atoms with Gasteiger partial charge in [-0.15, -0.1) is 0 Å². The Morgan fingerprint density at radius 1 is 0.842 bits per heavy atom. The molecule has 0 bridgehead atoms. The van der Waals surface area contributed by atoms with Crippen LogP contribution in [0.1, 0.15) is 27.2 Å². The molecule has 0 radical (unpaired) electrons. The van der Waals surface area contributed by atoms with Gasteiger partial charge in [-0.1, -0.05) is 0 Å². The molecular formula is C13H31NO4Si. The van der Waals surface area contributed by atoms with Crippen molar-refractivity contribution in [2.75, 3.05) is 53.7 Å². The van der Waals surface area contributed by atoms with Gasteiger partial charge in [-0.3, -0.25) is 0 Å². The largest absolute Gasteiger partial charge is 0.501 e. The van der Waals surface area contributed by atoms with Gasteiger partial charge < -0.3 is 22.9 Å². The first-order valence-electron chi connectivity index (χ1n) is 7.24. The molecule has 116 valence electrons. The van der Waals surface area contributed by atoms with Gasteiger partial charge in [0.05, 0.1) is 6.61 Å². The minimum absolute atomic E-state index is 0.633. The van der Waals surface area contributed by atoms with E-state index in [-0.39, 0.29) is 0 Å². The first-order chi connectivity index (χ1) is 9.10. The van der Waals surface area contributed by atoms with Crippen LogP contribution in [-0.4, -0.2) is 67.4 Å². The summed E-state index contributed by atoms with van der Waals surface area (Å²) in [7, 11) is 1.62. The van der Waals surface area contributed by atoms with Gasteiger partial charge in [0.15, 0.2) is 0 Å². The first-order valence-corrected chi connectivity index (χ1v) is 9.17. The third kappa shape index (κ3) is 9.54. The molecule has 0 aromatic heterocycles. The minimum atomic E-state index is -2.47. The second-order valence-corrected chi connectivity index (χ2v) is 7.23. The third-order valence-electron chi connectivity index (χ3n) is 2.55. The Morgan fingerprint density at radius 3 is 1.79 bits per heavy atom. The molecule has 0 fully saturated rings. The SMILES string of the molecule is CCO[Si](CCCOCCN(C)C)(OCC)OCC. The molecule has 0 aliphatic carbocycles. The van der Waals surface area contributed by atoms with Gasteiger partial charge in [-0.05, 0) is 41.3 Å². The first kappa shape index (κ1) is 19.0. The number of likely N-dealkylation sites (N-methyl/N-ethyl adjacent to an activating group) is 1. The molecule has 0 unspecified atom stereocenters. The zero-order valence-corrected chi connectivity index (χ0v) is 14.2. The Bertz CT molecular complexity index is 188. The number of hydrogen-bond acceptors (Lipinski definition) is 5. The van der Waals surface area contributed by atoms with E-state index in [9.17, 15) is 0 Å². The van der Waals surface area contributed by atoms with Crippen molar-refractivity contribution < 1.29 is 18.0 Å². The van der Waals surface area contributed by atoms with Gasteiger partial charge >= 0.3 is 8.80 Å². The van der Waals surface area contributed by atoms with Crippen LogP contribution in [0.4, 0.5) is 0 Å². The fourth-order valence-electron chi connectivity index (χ4n) is 1.74. The van der Waals surface area contributed by atoms with Gasteiger partial charge in [0.25, 0.3) is 0 Å². The van der Waals surface area contributed by atoms with Gasteiger partial charge in [0.1, 0.15) is 0 Å². The Morgan fingerprint density at radius 2 is 1.37 bits per heavy atom. The maximum absolute atomic E-state index is 5.79. The number of hydrogen-bond donors (Lipinski definition) is 0. The molecule has 0 rings (SSSR count). The van der Waals surface area contributed by atoms with E-state index >= 15 is 0 Å². The number of nitrogens with zero attached hydrogens (tertiary/aromatic N) is 1. The van der Waals surface area contributed by atoms with Crippen LogP contribution in [0, 0.1) is 0 Å². The lowest BCUT2D eigenvalue weighted by atomic mass is 10.5. The van der Waals surface area contributed by atoms with Gasteiger partial charge in [-0.25, -0.2) is 0 Å². The molecule has 0 aliphatic rings. The Balaban J connectivity index is 3.96. The fourth-order valence-corrected chi connectivity index (χ4v) is 4.32. The summed E-state index contributed by atoms with van der Waals surface area (Å²) in [6.45, 7) is 10.3. The van der Waals surface area contributed by atoms with Crippen LogP contribution in [0.5, 0.6) is 0 Å². The average molecular weight is 293 g/mol. The molecule has 0 N–H and O–H groups in total. The normalized spacial score (nSPS) is 12.3. The van der Waals surface area contributed by atoms with E-state index in [0.29, 0.717) is 19.8 Å². The Labute approximate surface area is 119 Å². The lowest BCUT2D eigenvalue weighted by Crippen LogP contribution is -2.46. The summed E-state index contributed by atoms with van der Waals surface area (Å²) in [5, 5.41) is 0. The molecule has 0 atom stereocenters. The molecule has 0 saturated carbocycles. The molecule has 0 amide bonds. The van der Waals surface area contributed by atoms with E-state index in [0.717, 1.165) is 32.2 Å². The molecule has 0 spiro atoms. The summed E-state index contributed by atoms with van der Waals surface area (Å²) in [6, 6.07) is 0.824. The summed E-state index contributed by atoms with van der Waals surface area (Å²) < 4.78 is 22.9. The van der Waals surface area contributed by atoms with Crippen molar-refractivity contribution in [1.29, 1.82) is 0 Å². The zero-order valence-electron chi connectivity index (χ0n) is 13.2. The predicted octanol–water partition coefficient (Wildman–Crippen LogP) is 2.00. The van der Waals surface area contributed by atoms with E-state index in [2.05, 4.69) is 4.90 Å². The molecular weight excluding hydrogens is 262 g/mol. The molecule has 0 aromatic rings. The van der Waals surface area contributed by atoms with Crippen molar-refractivity contribution in [3.8, 4) is 0 Å². The maximum atomic E-state index is 5.79. The quantitative estimate of drug-likeness (QED) is 0.384. The molecule has 6 heteroatoms. The highest BCUT2D eigenvalue weighted by Crippen LogP contribution is 2.18. The molecule has 0 aromatic carbocycles. The molecule has 0 heterocycles. The van der Waals surface area contributed by atoms with E-state index in [1.807, 2.05) is 34.9 Å². The molecule has 19 heavy (non-hydrogen) atoms. The highest BCUT2D eigenvalue weighted by Gasteiger charge is 2.39. The van der Waals surface area contributed by atoms with Crippen molar-refractivity contribution in [1.82, 2.24) is 4.90 Å². The maximum Gasteiger partial charge on any atom is 0.501 e. The predicted molar refractivity (Wildman–Crippen MR) is 79.4 cm³/mol. The van der Waals surface area contributed by atoms with Crippen molar-refractivity contribution >= 4 is 8.80 Å². The highest BCUT2D eigenvalue weighted by molar-refractivity contribution is 6.60. The van der Waals surface area contributed by atoms with Crippen molar-refractivity contribution in [2.45, 2.75) is 33.2 Å². The monoisotopic (exact) mass is 293 g/mol. The minimum Gasteiger partial charge on any atom is -0.380 e. The van der Waals surface area contributed by atoms with Crippen LogP contribution >= 0.6 is 0 Å². The molecule has 0 aliphatic heterocycles. The zero-order chi connectivity index (χ0) is 14.6. The van der Waals surface area contributed by atoms with Crippen molar-refractivity contribution in [2.24, 2.45) is 0 Å². The Hall–Kier alpha value is 0.0169.